The highest BCUT2D eigenvalue weighted by molar-refractivity contribution is 4.90. The number of aliphatic hydroxyl groups is 4. The standard InChI is InChI=1S/C15H28O4/c1-8-5-10(6-9(2)13(8)17)7-11-3-4-12(16)15(19)14(11)18/h8-19H,3-7H2,1-2H3. The lowest BCUT2D eigenvalue weighted by molar-refractivity contribution is -0.116. The van der Waals surface area contributed by atoms with E-state index in [2.05, 4.69) is 13.8 Å². The fourth-order valence-corrected chi connectivity index (χ4v) is 4.10. The van der Waals surface area contributed by atoms with Gasteiger partial charge in [-0.2, -0.15) is 0 Å². The minimum atomic E-state index is -0.997. The molecule has 6 atom stereocenters. The molecule has 0 aromatic carbocycles. The maximum Gasteiger partial charge on any atom is 0.106 e. The smallest absolute Gasteiger partial charge is 0.106 e. The van der Waals surface area contributed by atoms with Crippen molar-refractivity contribution >= 4 is 0 Å². The van der Waals surface area contributed by atoms with E-state index >= 15 is 0 Å². The summed E-state index contributed by atoms with van der Waals surface area (Å²) in [5, 5.41) is 39.3. The zero-order chi connectivity index (χ0) is 14.2. The van der Waals surface area contributed by atoms with Crippen molar-refractivity contribution in [3.63, 3.8) is 0 Å². The highest BCUT2D eigenvalue weighted by Crippen LogP contribution is 2.39. The van der Waals surface area contributed by atoms with E-state index in [-0.39, 0.29) is 12.0 Å². The Morgan fingerprint density at radius 2 is 1.37 bits per heavy atom. The third kappa shape index (κ3) is 3.30. The van der Waals surface area contributed by atoms with Crippen LogP contribution >= 0.6 is 0 Å². The summed E-state index contributed by atoms with van der Waals surface area (Å²) < 4.78 is 0. The molecule has 0 aromatic rings. The van der Waals surface area contributed by atoms with Crippen LogP contribution in [0, 0.1) is 23.7 Å². The van der Waals surface area contributed by atoms with Gasteiger partial charge in [-0.05, 0) is 55.8 Å². The predicted molar refractivity (Wildman–Crippen MR) is 72.4 cm³/mol. The second kappa shape index (κ2) is 6.08. The molecule has 112 valence electrons. The van der Waals surface area contributed by atoms with Crippen molar-refractivity contribution in [1.29, 1.82) is 0 Å². The summed E-state index contributed by atoms with van der Waals surface area (Å²) >= 11 is 0. The molecular weight excluding hydrogens is 244 g/mol. The maximum absolute atomic E-state index is 10.1. The Morgan fingerprint density at radius 3 is 1.95 bits per heavy atom. The zero-order valence-corrected chi connectivity index (χ0v) is 11.9. The summed E-state index contributed by atoms with van der Waals surface area (Å²) in [6, 6.07) is 0. The summed E-state index contributed by atoms with van der Waals surface area (Å²) in [4.78, 5) is 0. The van der Waals surface area contributed by atoms with E-state index in [1.165, 1.54) is 0 Å². The van der Waals surface area contributed by atoms with Gasteiger partial charge in [0.05, 0.1) is 18.3 Å². The van der Waals surface area contributed by atoms with E-state index in [1.807, 2.05) is 0 Å². The monoisotopic (exact) mass is 272 g/mol. The second-order valence-electron chi connectivity index (χ2n) is 6.90. The minimum absolute atomic E-state index is 0.0815. The lowest BCUT2D eigenvalue weighted by Gasteiger charge is -2.41. The molecule has 0 radical (unpaired) electrons. The normalized spacial score (nSPS) is 52.1. The van der Waals surface area contributed by atoms with Crippen LogP contribution in [0.3, 0.4) is 0 Å². The molecule has 19 heavy (non-hydrogen) atoms. The van der Waals surface area contributed by atoms with Crippen molar-refractivity contribution in [3.05, 3.63) is 0 Å². The highest BCUT2D eigenvalue weighted by Gasteiger charge is 2.39. The molecule has 2 aliphatic rings. The Hall–Kier alpha value is -0.160. The van der Waals surface area contributed by atoms with E-state index in [0.29, 0.717) is 24.2 Å². The van der Waals surface area contributed by atoms with Crippen LogP contribution in [0.2, 0.25) is 0 Å². The van der Waals surface area contributed by atoms with Gasteiger partial charge >= 0.3 is 0 Å². The minimum Gasteiger partial charge on any atom is -0.393 e. The van der Waals surface area contributed by atoms with Crippen molar-refractivity contribution in [2.45, 2.75) is 70.4 Å². The topological polar surface area (TPSA) is 80.9 Å². The van der Waals surface area contributed by atoms with Crippen molar-refractivity contribution < 1.29 is 20.4 Å². The molecule has 2 aliphatic carbocycles. The first-order valence-corrected chi connectivity index (χ1v) is 7.62. The summed E-state index contributed by atoms with van der Waals surface area (Å²) in [5.74, 6) is 1.21. The van der Waals surface area contributed by atoms with Crippen molar-refractivity contribution in [2.75, 3.05) is 0 Å². The Labute approximate surface area is 115 Å². The van der Waals surface area contributed by atoms with Gasteiger partial charge in [-0.25, -0.2) is 0 Å². The first-order chi connectivity index (χ1) is 8.90. The van der Waals surface area contributed by atoms with E-state index in [1.54, 1.807) is 0 Å². The molecule has 0 aromatic heterocycles. The molecular formula is C15H28O4. The molecule has 4 heteroatoms. The summed E-state index contributed by atoms with van der Waals surface area (Å²) in [6.45, 7) is 4.17. The Balaban J connectivity index is 1.91. The molecule has 4 N–H and O–H groups in total. The van der Waals surface area contributed by atoms with Gasteiger partial charge in [-0.3, -0.25) is 0 Å². The molecule has 4 nitrogen and oxygen atoms in total. The highest BCUT2D eigenvalue weighted by atomic mass is 16.4. The van der Waals surface area contributed by atoms with E-state index in [0.717, 1.165) is 25.7 Å². The zero-order valence-electron chi connectivity index (χ0n) is 11.9. The molecule has 2 rings (SSSR count). The third-order valence-corrected chi connectivity index (χ3v) is 5.27. The average Bonchev–Trinajstić information content (AvgIpc) is 2.36. The van der Waals surface area contributed by atoms with E-state index in [4.69, 9.17) is 0 Å². The van der Waals surface area contributed by atoms with Crippen LogP contribution < -0.4 is 0 Å². The van der Waals surface area contributed by atoms with Crippen LogP contribution in [-0.2, 0) is 0 Å². The van der Waals surface area contributed by atoms with Gasteiger partial charge in [0.25, 0.3) is 0 Å². The summed E-state index contributed by atoms with van der Waals surface area (Å²) in [6.07, 6.45) is 1.44. The fraction of sp³-hybridized carbons (Fsp3) is 1.00. The van der Waals surface area contributed by atoms with Crippen molar-refractivity contribution in [1.82, 2.24) is 0 Å². The van der Waals surface area contributed by atoms with Gasteiger partial charge in [0, 0.05) is 0 Å². The van der Waals surface area contributed by atoms with Gasteiger partial charge in [-0.15, -0.1) is 0 Å². The molecule has 0 saturated heterocycles. The predicted octanol–water partition coefficient (Wildman–Crippen LogP) is 0.912. The van der Waals surface area contributed by atoms with Crippen LogP contribution in [0.25, 0.3) is 0 Å². The molecule has 0 heterocycles. The van der Waals surface area contributed by atoms with Crippen LogP contribution in [0.15, 0.2) is 0 Å². The van der Waals surface area contributed by atoms with Crippen LogP contribution in [0.4, 0.5) is 0 Å². The fourth-order valence-electron chi connectivity index (χ4n) is 4.10. The number of hydrogen-bond acceptors (Lipinski definition) is 4. The first kappa shape index (κ1) is 15.2. The van der Waals surface area contributed by atoms with Crippen LogP contribution in [0.1, 0.15) is 46.0 Å². The largest absolute Gasteiger partial charge is 0.393 e. The Kier molecular flexibility index (Phi) is 4.88. The van der Waals surface area contributed by atoms with Crippen molar-refractivity contribution in [2.24, 2.45) is 23.7 Å². The molecule has 0 amide bonds. The molecule has 0 aliphatic heterocycles. The SMILES string of the molecule is CC1CC(CC2CCC(O)C(O)C2O)CC(C)C1O. The lowest BCUT2D eigenvalue weighted by atomic mass is 9.69. The summed E-state index contributed by atoms with van der Waals surface area (Å²) in [5.41, 5.74) is 0. The third-order valence-electron chi connectivity index (χ3n) is 5.27. The quantitative estimate of drug-likeness (QED) is 0.602. The maximum atomic E-state index is 10.1. The first-order valence-electron chi connectivity index (χ1n) is 7.62. The lowest BCUT2D eigenvalue weighted by Crippen LogP contribution is -2.47. The van der Waals surface area contributed by atoms with Gasteiger partial charge in [0.1, 0.15) is 6.10 Å². The molecule has 2 saturated carbocycles. The average molecular weight is 272 g/mol. The Morgan fingerprint density at radius 1 is 0.789 bits per heavy atom. The van der Waals surface area contributed by atoms with Gasteiger partial charge in [0.2, 0.25) is 0 Å². The molecule has 0 bridgehead atoms. The second-order valence-corrected chi connectivity index (χ2v) is 6.90. The van der Waals surface area contributed by atoms with E-state index in [9.17, 15) is 20.4 Å². The van der Waals surface area contributed by atoms with Gasteiger partial charge < -0.3 is 20.4 Å². The molecule has 2 fully saturated rings. The van der Waals surface area contributed by atoms with E-state index < -0.39 is 18.3 Å². The van der Waals surface area contributed by atoms with Crippen LogP contribution in [0.5, 0.6) is 0 Å². The van der Waals surface area contributed by atoms with Crippen molar-refractivity contribution in [3.8, 4) is 0 Å². The summed E-state index contributed by atoms with van der Waals surface area (Å²) in [7, 11) is 0. The number of hydrogen-bond donors (Lipinski definition) is 4. The number of aliphatic hydroxyl groups excluding tert-OH is 4. The number of rotatable bonds is 2. The molecule has 6 unspecified atom stereocenters. The Bertz CT molecular complexity index is 284. The van der Waals surface area contributed by atoms with Gasteiger partial charge in [0.15, 0.2) is 0 Å². The molecule has 0 spiro atoms. The van der Waals surface area contributed by atoms with Gasteiger partial charge in [-0.1, -0.05) is 13.8 Å². The van der Waals surface area contributed by atoms with Crippen LogP contribution in [-0.4, -0.2) is 44.8 Å².